The minimum atomic E-state index is -0.647. The number of hydrogen-bond acceptors (Lipinski definition) is 6. The van der Waals surface area contributed by atoms with Crippen molar-refractivity contribution < 1.29 is 14.6 Å². The Morgan fingerprint density at radius 1 is 1.33 bits per heavy atom. The summed E-state index contributed by atoms with van der Waals surface area (Å²) in [5.41, 5.74) is 1.22. The van der Waals surface area contributed by atoms with Gasteiger partial charge in [0.15, 0.2) is 11.4 Å². The Morgan fingerprint density at radius 2 is 2.10 bits per heavy atom. The topological polar surface area (TPSA) is 72.3 Å². The average Bonchev–Trinajstić information content (AvgIpc) is 2.94. The van der Waals surface area contributed by atoms with Crippen LogP contribution in [-0.2, 0) is 4.74 Å². The molecule has 5 nitrogen and oxygen atoms in total. The van der Waals surface area contributed by atoms with Gasteiger partial charge in [0.25, 0.3) is 0 Å². The number of aromatic nitrogens is 2. The van der Waals surface area contributed by atoms with E-state index in [4.69, 9.17) is 4.74 Å². The van der Waals surface area contributed by atoms with Gasteiger partial charge in [0.05, 0.1) is 11.3 Å². The van der Waals surface area contributed by atoms with Crippen LogP contribution >= 0.6 is 11.3 Å². The Labute approximate surface area is 124 Å². The molecule has 0 aliphatic heterocycles. The standard InChI is InChI=1S/C15H12N2O3S/c1-2-20-15(19)12-13(18)11-10(8-16-12)21-14(17-11)9-6-4-3-5-7-9/h3-8,18H,2H2,1H3. The van der Waals surface area contributed by atoms with Crippen molar-refractivity contribution in [1.82, 2.24) is 9.97 Å². The first-order valence-electron chi connectivity index (χ1n) is 6.41. The SMILES string of the molecule is CCOC(=O)c1ncc2sc(-c3ccccc3)nc2c1O. The Balaban J connectivity index is 2.10. The molecule has 3 aromatic rings. The normalized spacial score (nSPS) is 10.7. The monoisotopic (exact) mass is 300 g/mol. The van der Waals surface area contributed by atoms with Crippen molar-refractivity contribution in [2.45, 2.75) is 6.92 Å². The number of ether oxygens (including phenoxy) is 1. The van der Waals surface area contributed by atoms with Crippen LogP contribution in [0.25, 0.3) is 20.8 Å². The lowest BCUT2D eigenvalue weighted by molar-refractivity contribution is 0.0516. The van der Waals surface area contributed by atoms with Gasteiger partial charge in [-0.3, -0.25) is 0 Å². The molecule has 0 spiro atoms. The number of rotatable bonds is 3. The summed E-state index contributed by atoms with van der Waals surface area (Å²) >= 11 is 1.41. The van der Waals surface area contributed by atoms with Gasteiger partial charge in [0.2, 0.25) is 0 Å². The Bertz CT molecular complexity index is 799. The van der Waals surface area contributed by atoms with Gasteiger partial charge in [0.1, 0.15) is 10.5 Å². The highest BCUT2D eigenvalue weighted by Crippen LogP contribution is 2.35. The zero-order chi connectivity index (χ0) is 14.8. The number of pyridine rings is 1. The largest absolute Gasteiger partial charge is 0.504 e. The number of nitrogens with zero attached hydrogens (tertiary/aromatic N) is 2. The summed E-state index contributed by atoms with van der Waals surface area (Å²) in [7, 11) is 0. The summed E-state index contributed by atoms with van der Waals surface area (Å²) in [4.78, 5) is 20.1. The van der Waals surface area contributed by atoms with Crippen LogP contribution < -0.4 is 0 Å². The van der Waals surface area contributed by atoms with E-state index in [1.165, 1.54) is 17.5 Å². The van der Waals surface area contributed by atoms with E-state index in [9.17, 15) is 9.90 Å². The van der Waals surface area contributed by atoms with Gasteiger partial charge < -0.3 is 9.84 Å². The quantitative estimate of drug-likeness (QED) is 0.752. The van der Waals surface area contributed by atoms with Gasteiger partial charge in [-0.1, -0.05) is 30.3 Å². The maximum atomic E-state index is 11.7. The van der Waals surface area contributed by atoms with Crippen molar-refractivity contribution >= 4 is 27.5 Å². The predicted molar refractivity (Wildman–Crippen MR) is 80.5 cm³/mol. The molecule has 0 aliphatic carbocycles. The third kappa shape index (κ3) is 2.45. The van der Waals surface area contributed by atoms with Crippen LogP contribution in [0.5, 0.6) is 5.75 Å². The van der Waals surface area contributed by atoms with Gasteiger partial charge in [-0.2, -0.15) is 0 Å². The summed E-state index contributed by atoms with van der Waals surface area (Å²) in [5, 5.41) is 11.0. The third-order valence-corrected chi connectivity index (χ3v) is 3.94. The summed E-state index contributed by atoms with van der Waals surface area (Å²) < 4.78 is 5.58. The lowest BCUT2D eigenvalue weighted by atomic mass is 10.2. The minimum absolute atomic E-state index is 0.103. The van der Waals surface area contributed by atoms with Crippen molar-refractivity contribution in [3.63, 3.8) is 0 Å². The van der Waals surface area contributed by atoms with Gasteiger partial charge in [-0.05, 0) is 6.92 Å². The summed E-state index contributed by atoms with van der Waals surface area (Å²) in [5.74, 6) is -0.879. The minimum Gasteiger partial charge on any atom is -0.504 e. The molecule has 1 aromatic carbocycles. The molecule has 21 heavy (non-hydrogen) atoms. The number of aromatic hydroxyl groups is 1. The first kappa shape index (κ1) is 13.5. The van der Waals surface area contributed by atoms with Crippen LogP contribution in [0.1, 0.15) is 17.4 Å². The highest BCUT2D eigenvalue weighted by Gasteiger charge is 2.19. The molecule has 0 aliphatic rings. The number of fused-ring (bicyclic) bond motifs is 1. The summed E-state index contributed by atoms with van der Waals surface area (Å²) in [6, 6.07) is 9.64. The number of carbonyl (C=O) groups excluding carboxylic acids is 1. The maximum absolute atomic E-state index is 11.7. The fraction of sp³-hybridized carbons (Fsp3) is 0.133. The van der Waals surface area contributed by atoms with Gasteiger partial charge >= 0.3 is 5.97 Å². The van der Waals surface area contributed by atoms with Gasteiger partial charge in [-0.25, -0.2) is 14.8 Å². The fourth-order valence-electron chi connectivity index (χ4n) is 1.94. The van der Waals surface area contributed by atoms with Crippen molar-refractivity contribution in [3.05, 3.63) is 42.2 Å². The Morgan fingerprint density at radius 3 is 2.81 bits per heavy atom. The summed E-state index contributed by atoms with van der Waals surface area (Å²) in [6.07, 6.45) is 1.53. The molecule has 2 aromatic heterocycles. The highest BCUT2D eigenvalue weighted by atomic mass is 32.1. The molecule has 2 heterocycles. The van der Waals surface area contributed by atoms with Crippen molar-refractivity contribution in [2.75, 3.05) is 6.61 Å². The molecule has 0 unspecified atom stereocenters. The second kappa shape index (κ2) is 5.49. The second-order valence-corrected chi connectivity index (χ2v) is 5.30. The smallest absolute Gasteiger partial charge is 0.360 e. The summed E-state index contributed by atoms with van der Waals surface area (Å²) in [6.45, 7) is 1.92. The van der Waals surface area contributed by atoms with Crippen LogP contribution in [0.3, 0.4) is 0 Å². The molecular weight excluding hydrogens is 288 g/mol. The number of hydrogen-bond donors (Lipinski definition) is 1. The maximum Gasteiger partial charge on any atom is 0.360 e. The fourth-order valence-corrected chi connectivity index (χ4v) is 2.88. The first-order valence-corrected chi connectivity index (χ1v) is 7.23. The first-order chi connectivity index (χ1) is 10.2. The van der Waals surface area contributed by atoms with Crippen molar-refractivity contribution in [3.8, 4) is 16.3 Å². The number of thiazole rings is 1. The van der Waals surface area contributed by atoms with E-state index in [0.29, 0.717) is 5.52 Å². The molecule has 0 saturated carbocycles. The van der Waals surface area contributed by atoms with Crippen LogP contribution in [0, 0.1) is 0 Å². The van der Waals surface area contributed by atoms with Crippen LogP contribution in [0.15, 0.2) is 36.5 Å². The average molecular weight is 300 g/mol. The molecule has 0 bridgehead atoms. The lowest BCUT2D eigenvalue weighted by Crippen LogP contribution is -2.07. The Hall–Kier alpha value is -2.47. The van der Waals surface area contributed by atoms with E-state index in [2.05, 4.69) is 9.97 Å². The lowest BCUT2D eigenvalue weighted by Gasteiger charge is -2.02. The molecule has 0 atom stereocenters. The van der Waals surface area contributed by atoms with Crippen molar-refractivity contribution in [2.24, 2.45) is 0 Å². The van der Waals surface area contributed by atoms with E-state index < -0.39 is 5.97 Å². The Kier molecular flexibility index (Phi) is 3.53. The second-order valence-electron chi connectivity index (χ2n) is 4.27. The predicted octanol–water partition coefficient (Wildman–Crippen LogP) is 3.24. The molecular formula is C15H12N2O3S. The van der Waals surface area contributed by atoms with Gasteiger partial charge in [-0.15, -0.1) is 11.3 Å². The van der Waals surface area contributed by atoms with E-state index >= 15 is 0 Å². The van der Waals surface area contributed by atoms with Crippen LogP contribution in [-0.4, -0.2) is 27.7 Å². The molecule has 0 radical (unpaired) electrons. The molecule has 1 N–H and O–H groups in total. The molecule has 0 fully saturated rings. The van der Waals surface area contributed by atoms with E-state index in [1.807, 2.05) is 30.3 Å². The van der Waals surface area contributed by atoms with Gasteiger partial charge in [0, 0.05) is 11.8 Å². The molecule has 6 heteroatoms. The van der Waals surface area contributed by atoms with E-state index in [1.54, 1.807) is 6.92 Å². The van der Waals surface area contributed by atoms with Crippen LogP contribution in [0.4, 0.5) is 0 Å². The number of esters is 1. The van der Waals surface area contributed by atoms with Crippen LogP contribution in [0.2, 0.25) is 0 Å². The van der Waals surface area contributed by atoms with Crippen molar-refractivity contribution in [1.29, 1.82) is 0 Å². The zero-order valence-electron chi connectivity index (χ0n) is 11.2. The van der Waals surface area contributed by atoms with E-state index in [0.717, 1.165) is 15.3 Å². The third-order valence-electron chi connectivity index (χ3n) is 2.90. The number of carbonyl (C=O) groups is 1. The highest BCUT2D eigenvalue weighted by molar-refractivity contribution is 7.21. The molecule has 0 saturated heterocycles. The zero-order valence-corrected chi connectivity index (χ0v) is 12.1. The molecule has 3 rings (SSSR count). The number of benzene rings is 1. The van der Waals surface area contributed by atoms with E-state index in [-0.39, 0.29) is 18.1 Å². The molecule has 106 valence electrons. The molecule has 0 amide bonds.